The lowest BCUT2D eigenvalue weighted by atomic mass is 10.1. The number of carbonyl (C=O) groups is 1. The molecule has 0 bridgehead atoms. The summed E-state index contributed by atoms with van der Waals surface area (Å²) in [6, 6.07) is 6.70. The minimum absolute atomic E-state index is 0. The highest BCUT2D eigenvalue weighted by atomic mass is 35.5. The number of primary amides is 1. The van der Waals surface area contributed by atoms with Crippen molar-refractivity contribution in [3.05, 3.63) is 35.7 Å². The molecule has 5 N–H and O–H groups in total. The number of aromatic nitrogens is 3. The Morgan fingerprint density at radius 1 is 1.33 bits per heavy atom. The largest absolute Gasteiger partial charge is 0.391 e. The predicted octanol–water partition coefficient (Wildman–Crippen LogP) is 1.05. The van der Waals surface area contributed by atoms with Crippen LogP contribution >= 0.6 is 12.4 Å². The highest BCUT2D eigenvalue weighted by Crippen LogP contribution is 2.34. The first-order valence-electron chi connectivity index (χ1n) is 7.78. The number of amides is 1. The van der Waals surface area contributed by atoms with E-state index in [9.17, 15) is 9.90 Å². The first kappa shape index (κ1) is 18.4. The van der Waals surface area contributed by atoms with E-state index in [1.165, 1.54) is 0 Å². The van der Waals surface area contributed by atoms with E-state index in [4.69, 9.17) is 11.5 Å². The fourth-order valence-electron chi connectivity index (χ4n) is 3.05. The molecule has 1 aliphatic rings. The molecule has 2 aromatic rings. The van der Waals surface area contributed by atoms with Crippen LogP contribution in [0.4, 0.5) is 0 Å². The van der Waals surface area contributed by atoms with Crippen molar-refractivity contribution in [2.45, 2.75) is 44.4 Å². The second-order valence-corrected chi connectivity index (χ2v) is 5.95. The number of aryl methyl sites for hydroxylation is 1. The van der Waals surface area contributed by atoms with Gasteiger partial charge >= 0.3 is 0 Å². The summed E-state index contributed by atoms with van der Waals surface area (Å²) in [6.07, 6.45) is 0.833. The van der Waals surface area contributed by atoms with E-state index in [0.29, 0.717) is 30.8 Å². The number of hydrogen-bond acceptors (Lipinski definition) is 5. The van der Waals surface area contributed by atoms with Gasteiger partial charge in [0.25, 0.3) is 0 Å². The number of benzene rings is 1. The Balaban J connectivity index is 0.00000208. The first-order valence-corrected chi connectivity index (χ1v) is 7.78. The van der Waals surface area contributed by atoms with Crippen LogP contribution < -0.4 is 11.5 Å². The molecule has 130 valence electrons. The summed E-state index contributed by atoms with van der Waals surface area (Å²) in [4.78, 5) is 15.8. The smallest absolute Gasteiger partial charge is 0.248 e. The number of halogens is 1. The number of aliphatic hydroxyl groups excluding tert-OH is 1. The third kappa shape index (κ3) is 3.43. The average Bonchev–Trinajstić information content (AvgIpc) is 3.11. The lowest BCUT2D eigenvalue weighted by Crippen LogP contribution is -2.28. The molecule has 8 heteroatoms. The van der Waals surface area contributed by atoms with Gasteiger partial charge in [-0.2, -0.15) is 5.10 Å². The number of nitrogens with zero attached hydrogens (tertiary/aromatic N) is 3. The summed E-state index contributed by atoms with van der Waals surface area (Å²) in [6.45, 7) is 2.70. The van der Waals surface area contributed by atoms with E-state index in [2.05, 4.69) is 10.1 Å². The van der Waals surface area contributed by atoms with Crippen LogP contribution in [0.1, 0.15) is 41.9 Å². The Labute approximate surface area is 146 Å². The van der Waals surface area contributed by atoms with Crippen molar-refractivity contribution < 1.29 is 9.90 Å². The van der Waals surface area contributed by atoms with E-state index in [1.807, 2.05) is 11.6 Å². The Hall–Kier alpha value is -1.96. The Bertz CT molecular complexity index is 706. The molecule has 1 aliphatic carbocycles. The number of rotatable bonds is 4. The number of carbonyl (C=O) groups excluding carboxylic acids is 1. The molecule has 0 spiro atoms. The molecule has 0 saturated heterocycles. The molecular weight excluding hydrogens is 330 g/mol. The van der Waals surface area contributed by atoms with Gasteiger partial charge in [0.15, 0.2) is 5.82 Å². The van der Waals surface area contributed by atoms with Crippen LogP contribution in [0.25, 0.3) is 11.4 Å². The highest BCUT2D eigenvalue weighted by molar-refractivity contribution is 5.93. The summed E-state index contributed by atoms with van der Waals surface area (Å²) in [7, 11) is 0. The van der Waals surface area contributed by atoms with Crippen molar-refractivity contribution in [1.29, 1.82) is 0 Å². The van der Waals surface area contributed by atoms with Crippen molar-refractivity contribution in [2.24, 2.45) is 11.5 Å². The van der Waals surface area contributed by atoms with Crippen molar-refractivity contribution in [2.75, 3.05) is 0 Å². The lowest BCUT2D eigenvalue weighted by Gasteiger charge is -2.08. The summed E-state index contributed by atoms with van der Waals surface area (Å²) in [5.41, 5.74) is 12.4. The second-order valence-electron chi connectivity index (χ2n) is 5.95. The molecule has 1 fully saturated rings. The Morgan fingerprint density at radius 3 is 2.50 bits per heavy atom. The molecule has 3 atom stereocenters. The molecule has 3 rings (SSSR count). The summed E-state index contributed by atoms with van der Waals surface area (Å²) < 4.78 is 1.85. The molecule has 1 aromatic carbocycles. The van der Waals surface area contributed by atoms with Gasteiger partial charge in [-0.15, -0.1) is 12.4 Å². The van der Waals surface area contributed by atoms with Gasteiger partial charge in [0, 0.05) is 29.6 Å². The summed E-state index contributed by atoms with van der Waals surface area (Å²) >= 11 is 0. The van der Waals surface area contributed by atoms with Gasteiger partial charge in [-0.05, 0) is 31.9 Å². The Kier molecular flexibility index (Phi) is 5.58. The lowest BCUT2D eigenvalue weighted by molar-refractivity contribution is 0.100. The molecule has 1 aromatic heterocycles. The fraction of sp³-hybridized carbons (Fsp3) is 0.438. The van der Waals surface area contributed by atoms with E-state index in [1.54, 1.807) is 24.3 Å². The normalized spacial score (nSPS) is 23.0. The van der Waals surface area contributed by atoms with Crippen molar-refractivity contribution in [1.82, 2.24) is 14.8 Å². The zero-order valence-electron chi connectivity index (χ0n) is 13.4. The minimum Gasteiger partial charge on any atom is -0.391 e. The van der Waals surface area contributed by atoms with Crippen molar-refractivity contribution in [3.63, 3.8) is 0 Å². The number of hydrogen-bond donors (Lipinski definition) is 3. The molecule has 0 aliphatic heterocycles. The van der Waals surface area contributed by atoms with Crippen LogP contribution in [0.15, 0.2) is 24.3 Å². The van der Waals surface area contributed by atoms with Crippen LogP contribution in [0.3, 0.4) is 0 Å². The fourth-order valence-corrected chi connectivity index (χ4v) is 3.05. The second kappa shape index (κ2) is 7.29. The number of aliphatic hydroxyl groups is 1. The summed E-state index contributed by atoms with van der Waals surface area (Å²) in [5, 5.41) is 14.4. The van der Waals surface area contributed by atoms with Crippen molar-refractivity contribution >= 4 is 18.3 Å². The van der Waals surface area contributed by atoms with Crippen LogP contribution in [0.5, 0.6) is 0 Å². The van der Waals surface area contributed by atoms with E-state index in [0.717, 1.165) is 11.4 Å². The van der Waals surface area contributed by atoms with Crippen LogP contribution in [-0.4, -0.2) is 37.9 Å². The van der Waals surface area contributed by atoms with E-state index < -0.39 is 12.0 Å². The molecule has 24 heavy (non-hydrogen) atoms. The van der Waals surface area contributed by atoms with Crippen LogP contribution in [-0.2, 0) is 6.54 Å². The number of nitrogens with two attached hydrogens (primary N) is 2. The van der Waals surface area contributed by atoms with Crippen molar-refractivity contribution in [3.8, 4) is 11.4 Å². The summed E-state index contributed by atoms with van der Waals surface area (Å²) in [5.74, 6) is 1.12. The van der Waals surface area contributed by atoms with Gasteiger partial charge in [-0.1, -0.05) is 12.1 Å². The molecule has 7 nitrogen and oxygen atoms in total. The minimum atomic E-state index is -0.486. The third-order valence-corrected chi connectivity index (χ3v) is 4.37. The van der Waals surface area contributed by atoms with Gasteiger partial charge < -0.3 is 16.6 Å². The molecule has 1 heterocycles. The maximum atomic E-state index is 11.1. The van der Waals surface area contributed by atoms with Crippen LogP contribution in [0.2, 0.25) is 0 Å². The van der Waals surface area contributed by atoms with E-state index >= 15 is 0 Å². The maximum absolute atomic E-state index is 11.1. The first-order chi connectivity index (χ1) is 11.0. The Morgan fingerprint density at radius 2 is 2.00 bits per heavy atom. The highest BCUT2D eigenvalue weighted by Gasteiger charge is 2.34. The molecule has 1 saturated carbocycles. The molecule has 1 amide bonds. The molecule has 0 unspecified atom stereocenters. The quantitative estimate of drug-likeness (QED) is 0.760. The molecular formula is C16H22ClN5O2. The predicted molar refractivity (Wildman–Crippen MR) is 92.9 cm³/mol. The topological polar surface area (TPSA) is 120 Å². The van der Waals surface area contributed by atoms with Gasteiger partial charge in [0.2, 0.25) is 5.91 Å². The standard InChI is InChI=1S/C16H21N5O2.ClH/c1-2-21-16(11-7-12(17)13(22)8-11)19-15(20-21)10-5-3-9(4-6-10)14(18)23;/h3-6,11-13,22H,2,7-8,17H2,1H3,(H2,18,23);1H/t11-,12+,13+;/m0./s1. The zero-order valence-corrected chi connectivity index (χ0v) is 14.2. The van der Waals surface area contributed by atoms with E-state index in [-0.39, 0.29) is 24.4 Å². The van der Waals surface area contributed by atoms with Gasteiger partial charge in [0.05, 0.1) is 6.10 Å². The van der Waals surface area contributed by atoms with Gasteiger partial charge in [-0.25, -0.2) is 9.67 Å². The average molecular weight is 352 g/mol. The van der Waals surface area contributed by atoms with Gasteiger partial charge in [0.1, 0.15) is 5.82 Å². The zero-order chi connectivity index (χ0) is 16.6. The SMILES string of the molecule is CCn1nc(-c2ccc(C(N)=O)cc2)nc1[C@H]1C[C@@H](N)[C@H](O)C1.Cl. The molecule has 0 radical (unpaired) electrons. The van der Waals surface area contributed by atoms with Crippen LogP contribution in [0, 0.1) is 0 Å². The third-order valence-electron chi connectivity index (χ3n) is 4.37. The van der Waals surface area contributed by atoms with Gasteiger partial charge in [-0.3, -0.25) is 4.79 Å². The monoisotopic (exact) mass is 351 g/mol. The maximum Gasteiger partial charge on any atom is 0.248 e.